The first kappa shape index (κ1) is 14.0. The largest absolute Gasteiger partial charge is 0.320 e. The Labute approximate surface area is 119 Å². The molecular formula is C13H10ClN3O3. The van der Waals surface area contributed by atoms with Crippen molar-refractivity contribution in [3.05, 3.63) is 62.9 Å². The fourth-order valence-corrected chi connectivity index (χ4v) is 1.81. The van der Waals surface area contributed by atoms with Crippen LogP contribution in [0.1, 0.15) is 15.9 Å². The first-order chi connectivity index (χ1) is 9.49. The average molecular weight is 292 g/mol. The molecule has 1 heterocycles. The molecule has 1 amide bonds. The van der Waals surface area contributed by atoms with Crippen LogP contribution in [0.25, 0.3) is 0 Å². The summed E-state index contributed by atoms with van der Waals surface area (Å²) >= 11 is 5.78. The molecule has 0 atom stereocenters. The van der Waals surface area contributed by atoms with Crippen LogP contribution in [0.3, 0.4) is 0 Å². The summed E-state index contributed by atoms with van der Waals surface area (Å²) in [5, 5.41) is 13.8. The maximum atomic E-state index is 12.1. The number of anilines is 1. The van der Waals surface area contributed by atoms with E-state index in [4.69, 9.17) is 11.6 Å². The lowest BCUT2D eigenvalue weighted by Gasteiger charge is -2.08. The Kier molecular flexibility index (Phi) is 3.95. The van der Waals surface area contributed by atoms with Crippen molar-refractivity contribution >= 4 is 28.9 Å². The monoisotopic (exact) mass is 291 g/mol. The number of aromatic nitrogens is 1. The van der Waals surface area contributed by atoms with E-state index in [9.17, 15) is 14.9 Å². The highest BCUT2D eigenvalue weighted by Crippen LogP contribution is 2.24. The normalized spacial score (nSPS) is 10.1. The fourth-order valence-electron chi connectivity index (χ4n) is 1.63. The van der Waals surface area contributed by atoms with Crippen LogP contribution in [0.15, 0.2) is 36.7 Å². The van der Waals surface area contributed by atoms with Gasteiger partial charge in [-0.05, 0) is 30.7 Å². The maximum absolute atomic E-state index is 12.1. The van der Waals surface area contributed by atoms with Crippen LogP contribution in [-0.4, -0.2) is 15.8 Å². The minimum atomic E-state index is -0.624. The van der Waals surface area contributed by atoms with Gasteiger partial charge in [0.25, 0.3) is 11.6 Å². The van der Waals surface area contributed by atoms with E-state index in [1.54, 1.807) is 19.2 Å². The van der Waals surface area contributed by atoms with Gasteiger partial charge in [0.1, 0.15) is 5.56 Å². The van der Waals surface area contributed by atoms with Gasteiger partial charge in [0.2, 0.25) is 0 Å². The Morgan fingerprint density at radius 1 is 1.40 bits per heavy atom. The number of pyridine rings is 1. The van der Waals surface area contributed by atoms with Gasteiger partial charge in [0, 0.05) is 17.3 Å². The summed E-state index contributed by atoms with van der Waals surface area (Å²) in [6.45, 7) is 1.80. The van der Waals surface area contributed by atoms with E-state index in [1.165, 1.54) is 24.4 Å². The molecule has 0 saturated heterocycles. The van der Waals surface area contributed by atoms with Gasteiger partial charge < -0.3 is 5.32 Å². The number of hydrogen-bond acceptors (Lipinski definition) is 4. The van der Waals surface area contributed by atoms with Gasteiger partial charge in [0.15, 0.2) is 0 Å². The molecular weight excluding hydrogens is 282 g/mol. The SMILES string of the molecule is Cc1ccncc1NC(=O)c1cc(Cl)ccc1[N+](=O)[O-]. The molecule has 0 aliphatic rings. The predicted octanol–water partition coefficient (Wildman–Crippen LogP) is 3.20. The van der Waals surface area contributed by atoms with Gasteiger partial charge in [-0.15, -0.1) is 0 Å². The molecule has 0 fully saturated rings. The van der Waals surface area contributed by atoms with Crippen LogP contribution < -0.4 is 5.32 Å². The van der Waals surface area contributed by atoms with Crippen molar-refractivity contribution in [2.24, 2.45) is 0 Å². The molecule has 6 nitrogen and oxygen atoms in total. The van der Waals surface area contributed by atoms with E-state index in [0.717, 1.165) is 5.56 Å². The van der Waals surface area contributed by atoms with Crippen LogP contribution in [0.2, 0.25) is 5.02 Å². The van der Waals surface area contributed by atoms with Crippen molar-refractivity contribution in [1.29, 1.82) is 0 Å². The van der Waals surface area contributed by atoms with Crippen molar-refractivity contribution in [2.75, 3.05) is 5.32 Å². The summed E-state index contributed by atoms with van der Waals surface area (Å²) in [7, 11) is 0. The highest BCUT2D eigenvalue weighted by atomic mass is 35.5. The van der Waals surface area contributed by atoms with Crippen LogP contribution in [0, 0.1) is 17.0 Å². The summed E-state index contributed by atoms with van der Waals surface area (Å²) in [5.41, 5.74) is 0.906. The van der Waals surface area contributed by atoms with Crippen molar-refractivity contribution in [3.8, 4) is 0 Å². The van der Waals surface area contributed by atoms with E-state index in [0.29, 0.717) is 5.69 Å². The van der Waals surface area contributed by atoms with Crippen LogP contribution in [0.5, 0.6) is 0 Å². The molecule has 0 bridgehead atoms. The Hall–Kier alpha value is -2.47. The quantitative estimate of drug-likeness (QED) is 0.695. The second kappa shape index (κ2) is 5.66. The third-order valence-electron chi connectivity index (χ3n) is 2.69. The predicted molar refractivity (Wildman–Crippen MR) is 75.0 cm³/mol. The number of benzene rings is 1. The minimum Gasteiger partial charge on any atom is -0.320 e. The number of aryl methyl sites for hydroxylation is 1. The number of nitro benzene ring substituents is 1. The fraction of sp³-hybridized carbons (Fsp3) is 0.0769. The summed E-state index contributed by atoms with van der Waals surface area (Å²) in [4.78, 5) is 26.3. The highest BCUT2D eigenvalue weighted by Gasteiger charge is 2.20. The molecule has 0 aliphatic heterocycles. The summed E-state index contributed by atoms with van der Waals surface area (Å²) in [6, 6.07) is 5.56. The lowest BCUT2D eigenvalue weighted by molar-refractivity contribution is -0.385. The smallest absolute Gasteiger partial charge is 0.282 e. The Bertz CT molecular complexity index is 688. The number of rotatable bonds is 3. The molecule has 0 aliphatic carbocycles. The van der Waals surface area contributed by atoms with E-state index < -0.39 is 10.8 Å². The zero-order valence-corrected chi connectivity index (χ0v) is 11.2. The standard InChI is InChI=1S/C13H10ClN3O3/c1-8-4-5-15-7-11(8)16-13(18)10-6-9(14)2-3-12(10)17(19)20/h2-7H,1H3,(H,16,18). The Morgan fingerprint density at radius 2 is 2.15 bits per heavy atom. The van der Waals surface area contributed by atoms with Gasteiger partial charge in [-0.2, -0.15) is 0 Å². The van der Waals surface area contributed by atoms with Crippen molar-refractivity contribution < 1.29 is 9.72 Å². The number of carbonyl (C=O) groups is 1. The number of nitrogens with one attached hydrogen (secondary N) is 1. The Morgan fingerprint density at radius 3 is 2.80 bits per heavy atom. The molecule has 1 aromatic heterocycles. The third-order valence-corrected chi connectivity index (χ3v) is 2.92. The highest BCUT2D eigenvalue weighted by molar-refractivity contribution is 6.31. The molecule has 0 radical (unpaired) electrons. The van der Waals surface area contributed by atoms with E-state index in [-0.39, 0.29) is 16.3 Å². The van der Waals surface area contributed by atoms with Crippen molar-refractivity contribution in [2.45, 2.75) is 6.92 Å². The number of nitro groups is 1. The first-order valence-corrected chi connectivity index (χ1v) is 6.02. The minimum absolute atomic E-state index is 0.0919. The second-order valence-electron chi connectivity index (χ2n) is 4.06. The average Bonchev–Trinajstić information content (AvgIpc) is 2.40. The summed E-state index contributed by atoms with van der Waals surface area (Å²) < 4.78 is 0. The van der Waals surface area contributed by atoms with Gasteiger partial charge in [-0.3, -0.25) is 19.9 Å². The lowest BCUT2D eigenvalue weighted by Crippen LogP contribution is -2.14. The molecule has 102 valence electrons. The topological polar surface area (TPSA) is 85.1 Å². The zero-order chi connectivity index (χ0) is 14.7. The number of amides is 1. The van der Waals surface area contributed by atoms with Gasteiger partial charge in [-0.1, -0.05) is 11.6 Å². The van der Waals surface area contributed by atoms with E-state index >= 15 is 0 Å². The number of hydrogen-bond donors (Lipinski definition) is 1. The molecule has 0 spiro atoms. The van der Waals surface area contributed by atoms with Gasteiger partial charge in [0.05, 0.1) is 16.8 Å². The zero-order valence-electron chi connectivity index (χ0n) is 10.5. The first-order valence-electron chi connectivity index (χ1n) is 5.65. The van der Waals surface area contributed by atoms with Gasteiger partial charge >= 0.3 is 0 Å². The summed E-state index contributed by atoms with van der Waals surface area (Å²) in [5.74, 6) is -0.602. The number of nitrogens with zero attached hydrogens (tertiary/aromatic N) is 2. The van der Waals surface area contributed by atoms with Crippen LogP contribution in [0.4, 0.5) is 11.4 Å². The van der Waals surface area contributed by atoms with Crippen molar-refractivity contribution in [1.82, 2.24) is 4.98 Å². The molecule has 2 aromatic rings. The molecule has 1 aromatic carbocycles. The van der Waals surface area contributed by atoms with Crippen molar-refractivity contribution in [3.63, 3.8) is 0 Å². The molecule has 1 N–H and O–H groups in total. The third kappa shape index (κ3) is 2.92. The second-order valence-corrected chi connectivity index (χ2v) is 4.50. The van der Waals surface area contributed by atoms with Crippen LogP contribution >= 0.6 is 11.6 Å². The molecule has 20 heavy (non-hydrogen) atoms. The van der Waals surface area contributed by atoms with Crippen LogP contribution in [-0.2, 0) is 0 Å². The number of carbonyl (C=O) groups excluding carboxylic acids is 1. The molecule has 0 unspecified atom stereocenters. The van der Waals surface area contributed by atoms with Gasteiger partial charge in [-0.25, -0.2) is 0 Å². The summed E-state index contributed by atoms with van der Waals surface area (Å²) in [6.07, 6.45) is 3.07. The van der Waals surface area contributed by atoms with E-state index in [2.05, 4.69) is 10.3 Å². The molecule has 2 rings (SSSR count). The lowest BCUT2D eigenvalue weighted by atomic mass is 10.1. The molecule has 0 saturated carbocycles. The van der Waals surface area contributed by atoms with E-state index in [1.807, 2.05) is 0 Å². The maximum Gasteiger partial charge on any atom is 0.282 e. The molecule has 7 heteroatoms. The Balaban J connectivity index is 2.37. The number of halogens is 1.